The van der Waals surface area contributed by atoms with E-state index in [1.54, 1.807) is 12.1 Å². The number of anilines is 1. The molecule has 2 amide bonds. The van der Waals surface area contributed by atoms with Crippen molar-refractivity contribution >= 4 is 45.2 Å². The third-order valence-corrected chi connectivity index (χ3v) is 6.74. The van der Waals surface area contributed by atoms with E-state index in [-0.39, 0.29) is 23.6 Å². The molecule has 0 aliphatic rings. The molecule has 0 bridgehead atoms. The van der Waals surface area contributed by atoms with Crippen molar-refractivity contribution in [1.82, 2.24) is 20.1 Å². The molecule has 0 spiro atoms. The Bertz CT molecular complexity index is 1110. The Labute approximate surface area is 200 Å². The van der Waals surface area contributed by atoms with E-state index in [0.717, 1.165) is 21.3 Å². The summed E-state index contributed by atoms with van der Waals surface area (Å²) in [5, 5.41) is 15.0. The fourth-order valence-electron chi connectivity index (χ4n) is 3.12. The zero-order valence-corrected chi connectivity index (χ0v) is 20.9. The van der Waals surface area contributed by atoms with E-state index in [0.29, 0.717) is 23.1 Å². The Balaban J connectivity index is 1.62. The van der Waals surface area contributed by atoms with E-state index in [4.69, 9.17) is 0 Å². The number of nitrogens with one attached hydrogen (secondary N) is 2. The molecule has 32 heavy (non-hydrogen) atoms. The fraction of sp³-hybridized carbons (Fsp3) is 0.304. The zero-order valence-electron chi connectivity index (χ0n) is 18.5. The van der Waals surface area contributed by atoms with Crippen molar-refractivity contribution in [3.05, 3.63) is 69.5 Å². The van der Waals surface area contributed by atoms with E-state index < -0.39 is 0 Å². The number of carbonyl (C=O) groups excluding carboxylic acids is 2. The van der Waals surface area contributed by atoms with Crippen LogP contribution in [0.2, 0.25) is 0 Å². The summed E-state index contributed by atoms with van der Waals surface area (Å²) in [7, 11) is 0. The number of thioether (sulfide) groups is 1. The van der Waals surface area contributed by atoms with Gasteiger partial charge < -0.3 is 15.2 Å². The quantitative estimate of drug-likeness (QED) is 0.416. The monoisotopic (exact) mass is 515 g/mol. The van der Waals surface area contributed by atoms with Gasteiger partial charge in [-0.05, 0) is 63.6 Å². The molecule has 2 aromatic carbocycles. The van der Waals surface area contributed by atoms with Gasteiger partial charge in [0.1, 0.15) is 0 Å². The van der Waals surface area contributed by atoms with Gasteiger partial charge in [0.05, 0.1) is 11.8 Å². The summed E-state index contributed by atoms with van der Waals surface area (Å²) in [6, 6.07) is 12.8. The Morgan fingerprint density at radius 2 is 1.84 bits per heavy atom. The third kappa shape index (κ3) is 5.98. The van der Waals surface area contributed by atoms with Gasteiger partial charge in [0, 0.05) is 22.3 Å². The Morgan fingerprint density at radius 1 is 1.12 bits per heavy atom. The average molecular weight is 516 g/mol. The van der Waals surface area contributed by atoms with E-state index >= 15 is 0 Å². The molecule has 168 valence electrons. The number of halogens is 1. The summed E-state index contributed by atoms with van der Waals surface area (Å²) in [5.74, 6) is 0.572. The van der Waals surface area contributed by atoms with Crippen LogP contribution < -0.4 is 10.6 Å². The minimum absolute atomic E-state index is 0.121. The first-order chi connectivity index (χ1) is 15.3. The molecule has 0 saturated carbocycles. The lowest BCUT2D eigenvalue weighted by atomic mass is 10.1. The summed E-state index contributed by atoms with van der Waals surface area (Å²) >= 11 is 4.77. The molecule has 1 atom stereocenters. The van der Waals surface area contributed by atoms with Gasteiger partial charge >= 0.3 is 0 Å². The molecule has 3 aromatic rings. The second kappa shape index (κ2) is 10.8. The van der Waals surface area contributed by atoms with E-state index in [2.05, 4.69) is 36.8 Å². The number of benzene rings is 2. The molecule has 1 heterocycles. The standard InChI is InChI=1S/C23H26BrN5O2S/c1-5-29-21(16(4)25-22(31)17-8-6-14(2)7-9-17)27-28-23(29)32-13-20(30)26-18-10-11-19(24)15(3)12-18/h6-12,16H,5,13H2,1-4H3,(H,25,31)(H,26,30)/t16-/m1/s1. The van der Waals surface area contributed by atoms with Crippen molar-refractivity contribution in [3.63, 3.8) is 0 Å². The molecule has 0 aliphatic heterocycles. The van der Waals surface area contributed by atoms with Crippen molar-refractivity contribution < 1.29 is 9.59 Å². The SMILES string of the molecule is CCn1c(SCC(=O)Nc2ccc(Br)c(C)c2)nnc1[C@@H](C)NC(=O)c1ccc(C)cc1. The highest BCUT2D eigenvalue weighted by Gasteiger charge is 2.20. The highest BCUT2D eigenvalue weighted by Crippen LogP contribution is 2.23. The number of aryl methyl sites for hydroxylation is 2. The van der Waals surface area contributed by atoms with Gasteiger partial charge in [-0.1, -0.05) is 45.4 Å². The Morgan fingerprint density at radius 3 is 2.50 bits per heavy atom. The summed E-state index contributed by atoms with van der Waals surface area (Å²) in [6.07, 6.45) is 0. The number of hydrogen-bond acceptors (Lipinski definition) is 5. The molecule has 3 rings (SSSR count). The maximum Gasteiger partial charge on any atom is 0.251 e. The summed E-state index contributed by atoms with van der Waals surface area (Å²) in [6.45, 7) is 8.43. The minimum atomic E-state index is -0.329. The van der Waals surface area contributed by atoms with Gasteiger partial charge in [0.15, 0.2) is 11.0 Å². The molecule has 0 aliphatic carbocycles. The first-order valence-electron chi connectivity index (χ1n) is 10.3. The van der Waals surface area contributed by atoms with Crippen molar-refractivity contribution in [3.8, 4) is 0 Å². The molecular weight excluding hydrogens is 490 g/mol. The van der Waals surface area contributed by atoms with Crippen LogP contribution in [0, 0.1) is 13.8 Å². The van der Waals surface area contributed by atoms with E-state index in [9.17, 15) is 9.59 Å². The number of carbonyl (C=O) groups is 2. The Hall–Kier alpha value is -2.65. The maximum atomic E-state index is 12.6. The molecule has 0 saturated heterocycles. The van der Waals surface area contributed by atoms with Gasteiger partial charge in [0.25, 0.3) is 5.91 Å². The van der Waals surface area contributed by atoms with Crippen LogP contribution in [0.25, 0.3) is 0 Å². The lowest BCUT2D eigenvalue weighted by molar-refractivity contribution is -0.113. The smallest absolute Gasteiger partial charge is 0.251 e. The van der Waals surface area contributed by atoms with Crippen LogP contribution in [0.3, 0.4) is 0 Å². The molecule has 0 radical (unpaired) electrons. The van der Waals surface area contributed by atoms with Crippen LogP contribution in [0.5, 0.6) is 0 Å². The second-order valence-electron chi connectivity index (χ2n) is 7.45. The first kappa shape index (κ1) is 24.0. The summed E-state index contributed by atoms with van der Waals surface area (Å²) < 4.78 is 2.92. The van der Waals surface area contributed by atoms with Crippen molar-refractivity contribution in [1.29, 1.82) is 0 Å². The number of aromatic nitrogens is 3. The van der Waals surface area contributed by atoms with Gasteiger partial charge in [-0.3, -0.25) is 9.59 Å². The van der Waals surface area contributed by atoms with Crippen molar-refractivity contribution in [2.75, 3.05) is 11.1 Å². The number of amides is 2. The van der Waals surface area contributed by atoms with Crippen molar-refractivity contribution in [2.24, 2.45) is 0 Å². The van der Waals surface area contributed by atoms with Crippen molar-refractivity contribution in [2.45, 2.75) is 45.4 Å². The topological polar surface area (TPSA) is 88.9 Å². The lowest BCUT2D eigenvalue weighted by Gasteiger charge is -2.15. The third-order valence-electron chi connectivity index (χ3n) is 4.88. The number of nitrogens with zero attached hydrogens (tertiary/aromatic N) is 3. The molecule has 7 nitrogen and oxygen atoms in total. The number of rotatable bonds is 8. The number of hydrogen-bond donors (Lipinski definition) is 2. The van der Waals surface area contributed by atoms with E-state index in [1.807, 2.05) is 62.6 Å². The van der Waals surface area contributed by atoms with Gasteiger partial charge in [-0.15, -0.1) is 10.2 Å². The van der Waals surface area contributed by atoms with Crippen LogP contribution in [0.1, 0.15) is 47.2 Å². The average Bonchev–Trinajstić information content (AvgIpc) is 3.18. The summed E-state index contributed by atoms with van der Waals surface area (Å²) in [4.78, 5) is 24.9. The van der Waals surface area contributed by atoms with Crippen LogP contribution in [0.4, 0.5) is 5.69 Å². The molecule has 1 aromatic heterocycles. The fourth-order valence-corrected chi connectivity index (χ4v) is 4.18. The van der Waals surface area contributed by atoms with Gasteiger partial charge in [-0.25, -0.2) is 0 Å². The van der Waals surface area contributed by atoms with Crippen LogP contribution in [-0.2, 0) is 11.3 Å². The molecule has 0 fully saturated rings. The van der Waals surface area contributed by atoms with Gasteiger partial charge in [0.2, 0.25) is 5.91 Å². The molecule has 2 N–H and O–H groups in total. The normalized spacial score (nSPS) is 11.8. The predicted octanol–water partition coefficient (Wildman–Crippen LogP) is 4.90. The molecule has 9 heteroatoms. The van der Waals surface area contributed by atoms with Gasteiger partial charge in [-0.2, -0.15) is 0 Å². The molecule has 0 unspecified atom stereocenters. The first-order valence-corrected chi connectivity index (χ1v) is 12.1. The van der Waals surface area contributed by atoms with E-state index in [1.165, 1.54) is 11.8 Å². The minimum Gasteiger partial charge on any atom is -0.342 e. The van der Waals surface area contributed by atoms with Crippen LogP contribution in [-0.4, -0.2) is 32.3 Å². The second-order valence-corrected chi connectivity index (χ2v) is 9.24. The van der Waals surface area contributed by atoms with Crippen LogP contribution >= 0.6 is 27.7 Å². The maximum absolute atomic E-state index is 12.6. The zero-order chi connectivity index (χ0) is 23.3. The lowest BCUT2D eigenvalue weighted by Crippen LogP contribution is -2.28. The predicted molar refractivity (Wildman–Crippen MR) is 131 cm³/mol. The Kier molecular flexibility index (Phi) is 8.09. The highest BCUT2D eigenvalue weighted by atomic mass is 79.9. The largest absolute Gasteiger partial charge is 0.342 e. The van der Waals surface area contributed by atoms with Crippen LogP contribution in [0.15, 0.2) is 52.1 Å². The highest BCUT2D eigenvalue weighted by molar-refractivity contribution is 9.10. The summed E-state index contributed by atoms with van der Waals surface area (Å²) in [5.41, 5.74) is 3.50. The molecular formula is C23H26BrN5O2S.